The van der Waals surface area contributed by atoms with Crippen LogP contribution in [0.15, 0.2) is 59.4 Å². The van der Waals surface area contributed by atoms with Crippen LogP contribution >= 0.6 is 0 Å². The van der Waals surface area contributed by atoms with Gasteiger partial charge in [-0.2, -0.15) is 5.26 Å². The first kappa shape index (κ1) is 18.0. The molecule has 0 spiro atoms. The standard InChI is InChI=1S/C21H17N3O3/c1-13(25)23-16-8-6-14(7-9-16)18-11-20(24-21(26)19(18)12-22)15-4-3-5-17(10-15)27-2/h3-11H,1-2H3,(H,23,25)(H,24,26). The third-order valence-corrected chi connectivity index (χ3v) is 4.04. The molecule has 27 heavy (non-hydrogen) atoms. The fraction of sp³-hybridized carbons (Fsp3) is 0.0952. The molecule has 6 heteroatoms. The van der Waals surface area contributed by atoms with Crippen molar-refractivity contribution in [1.29, 1.82) is 5.26 Å². The quantitative estimate of drug-likeness (QED) is 0.745. The zero-order valence-electron chi connectivity index (χ0n) is 14.9. The third kappa shape index (κ3) is 3.88. The summed E-state index contributed by atoms with van der Waals surface area (Å²) in [4.78, 5) is 26.3. The number of H-pyrrole nitrogens is 1. The number of ether oxygens (including phenoxy) is 1. The van der Waals surface area contributed by atoms with Gasteiger partial charge in [-0.05, 0) is 35.9 Å². The number of nitriles is 1. The summed E-state index contributed by atoms with van der Waals surface area (Å²) in [7, 11) is 1.57. The summed E-state index contributed by atoms with van der Waals surface area (Å²) >= 11 is 0. The molecule has 2 N–H and O–H groups in total. The van der Waals surface area contributed by atoms with Crippen LogP contribution in [0.4, 0.5) is 5.69 Å². The van der Waals surface area contributed by atoms with Crippen LogP contribution < -0.4 is 15.6 Å². The van der Waals surface area contributed by atoms with Crippen molar-refractivity contribution in [1.82, 2.24) is 4.98 Å². The van der Waals surface area contributed by atoms with Crippen molar-refractivity contribution < 1.29 is 9.53 Å². The van der Waals surface area contributed by atoms with E-state index in [1.807, 2.05) is 24.3 Å². The number of pyridine rings is 1. The number of methoxy groups -OCH3 is 1. The maximum Gasteiger partial charge on any atom is 0.266 e. The number of hydrogen-bond donors (Lipinski definition) is 2. The molecule has 2 aromatic carbocycles. The Morgan fingerprint density at radius 2 is 1.85 bits per heavy atom. The summed E-state index contributed by atoms with van der Waals surface area (Å²) in [6, 6.07) is 18.0. The van der Waals surface area contributed by atoms with Crippen molar-refractivity contribution in [2.45, 2.75) is 6.92 Å². The summed E-state index contributed by atoms with van der Waals surface area (Å²) in [5, 5.41) is 12.1. The molecule has 0 aliphatic rings. The molecule has 1 heterocycles. The van der Waals surface area contributed by atoms with Crippen molar-refractivity contribution in [3.63, 3.8) is 0 Å². The van der Waals surface area contributed by atoms with E-state index in [1.165, 1.54) is 6.92 Å². The first-order chi connectivity index (χ1) is 13.0. The van der Waals surface area contributed by atoms with Gasteiger partial charge in [-0.25, -0.2) is 0 Å². The van der Waals surface area contributed by atoms with Crippen molar-refractivity contribution in [3.05, 3.63) is 70.5 Å². The minimum absolute atomic E-state index is 0.0360. The molecule has 6 nitrogen and oxygen atoms in total. The lowest BCUT2D eigenvalue weighted by Gasteiger charge is -2.10. The van der Waals surface area contributed by atoms with Gasteiger partial charge in [0.05, 0.1) is 7.11 Å². The summed E-state index contributed by atoms with van der Waals surface area (Å²) in [5.41, 5.74) is 2.80. The number of aromatic nitrogens is 1. The number of nitrogens with zero attached hydrogens (tertiary/aromatic N) is 1. The number of benzene rings is 2. The maximum atomic E-state index is 12.4. The van der Waals surface area contributed by atoms with E-state index in [-0.39, 0.29) is 11.5 Å². The van der Waals surface area contributed by atoms with Gasteiger partial charge < -0.3 is 15.0 Å². The molecule has 3 rings (SSSR count). The van der Waals surface area contributed by atoms with Crippen LogP contribution in [0.5, 0.6) is 5.75 Å². The van der Waals surface area contributed by atoms with E-state index in [0.717, 1.165) is 5.56 Å². The average molecular weight is 359 g/mol. The lowest BCUT2D eigenvalue weighted by Crippen LogP contribution is -2.12. The van der Waals surface area contributed by atoms with E-state index in [1.54, 1.807) is 43.5 Å². The molecule has 0 saturated carbocycles. The molecule has 1 aromatic heterocycles. The first-order valence-electron chi connectivity index (χ1n) is 8.21. The average Bonchev–Trinajstić information content (AvgIpc) is 2.67. The zero-order valence-corrected chi connectivity index (χ0v) is 14.9. The molecule has 0 unspecified atom stereocenters. The van der Waals surface area contributed by atoms with Gasteiger partial charge in [0.15, 0.2) is 0 Å². The van der Waals surface area contributed by atoms with E-state index in [9.17, 15) is 14.9 Å². The van der Waals surface area contributed by atoms with E-state index >= 15 is 0 Å². The van der Waals surface area contributed by atoms with E-state index in [0.29, 0.717) is 28.3 Å². The number of hydrogen-bond acceptors (Lipinski definition) is 4. The second kappa shape index (κ2) is 7.58. The molecule has 134 valence electrons. The van der Waals surface area contributed by atoms with E-state index < -0.39 is 5.56 Å². The topological polar surface area (TPSA) is 95.0 Å². The maximum absolute atomic E-state index is 12.4. The van der Waals surface area contributed by atoms with Crippen molar-refractivity contribution in [2.24, 2.45) is 0 Å². The van der Waals surface area contributed by atoms with E-state index in [4.69, 9.17) is 4.74 Å². The van der Waals surface area contributed by atoms with Crippen molar-refractivity contribution in [3.8, 4) is 34.2 Å². The van der Waals surface area contributed by atoms with E-state index in [2.05, 4.69) is 10.3 Å². The molecule has 0 aliphatic carbocycles. The normalized spacial score (nSPS) is 10.1. The largest absolute Gasteiger partial charge is 0.497 e. The smallest absolute Gasteiger partial charge is 0.266 e. The van der Waals surface area contributed by atoms with Gasteiger partial charge >= 0.3 is 0 Å². The van der Waals surface area contributed by atoms with Crippen LogP contribution in [0, 0.1) is 11.3 Å². The Labute approximate surface area is 156 Å². The van der Waals surface area contributed by atoms with Gasteiger partial charge in [-0.15, -0.1) is 0 Å². The lowest BCUT2D eigenvalue weighted by atomic mass is 9.99. The summed E-state index contributed by atoms with van der Waals surface area (Å²) in [6.45, 7) is 1.43. The second-order valence-electron chi connectivity index (χ2n) is 5.90. The Kier molecular flexibility index (Phi) is 5.04. The minimum atomic E-state index is -0.459. The highest BCUT2D eigenvalue weighted by Gasteiger charge is 2.13. The summed E-state index contributed by atoms with van der Waals surface area (Å²) in [6.07, 6.45) is 0. The Morgan fingerprint density at radius 1 is 1.11 bits per heavy atom. The number of rotatable bonds is 4. The van der Waals surface area contributed by atoms with Crippen LogP contribution in [0.1, 0.15) is 12.5 Å². The van der Waals surface area contributed by atoms with Crippen LogP contribution in [0.25, 0.3) is 22.4 Å². The number of anilines is 1. The number of carbonyl (C=O) groups excluding carboxylic acids is 1. The van der Waals surface area contributed by atoms with Gasteiger partial charge in [0.2, 0.25) is 5.91 Å². The predicted octanol–water partition coefficient (Wildman–Crippen LogP) is 3.55. The highest BCUT2D eigenvalue weighted by Crippen LogP contribution is 2.28. The Hall–Kier alpha value is -3.85. The highest BCUT2D eigenvalue weighted by atomic mass is 16.5. The molecule has 0 atom stereocenters. The Bertz CT molecular complexity index is 1090. The monoisotopic (exact) mass is 359 g/mol. The van der Waals surface area contributed by atoms with Crippen LogP contribution in [-0.2, 0) is 4.79 Å². The highest BCUT2D eigenvalue weighted by molar-refractivity contribution is 5.89. The Morgan fingerprint density at radius 3 is 2.48 bits per heavy atom. The van der Waals surface area contributed by atoms with Gasteiger partial charge in [-0.1, -0.05) is 24.3 Å². The molecule has 0 fully saturated rings. The number of nitrogens with one attached hydrogen (secondary N) is 2. The van der Waals surface area contributed by atoms with Crippen molar-refractivity contribution in [2.75, 3.05) is 12.4 Å². The van der Waals surface area contributed by atoms with Gasteiger partial charge in [0, 0.05) is 29.4 Å². The SMILES string of the molecule is COc1cccc(-c2cc(-c3ccc(NC(C)=O)cc3)c(C#N)c(=O)[nH]2)c1. The molecular formula is C21H17N3O3. The number of amides is 1. The lowest BCUT2D eigenvalue weighted by molar-refractivity contribution is -0.114. The summed E-state index contributed by atoms with van der Waals surface area (Å²) in [5.74, 6) is 0.496. The third-order valence-electron chi connectivity index (χ3n) is 4.04. The Balaban J connectivity index is 2.11. The molecule has 0 saturated heterocycles. The van der Waals surface area contributed by atoms with Gasteiger partial charge in [0.1, 0.15) is 17.4 Å². The second-order valence-corrected chi connectivity index (χ2v) is 5.90. The van der Waals surface area contributed by atoms with Crippen LogP contribution in [0.2, 0.25) is 0 Å². The summed E-state index contributed by atoms with van der Waals surface area (Å²) < 4.78 is 5.23. The van der Waals surface area contributed by atoms with Crippen LogP contribution in [0.3, 0.4) is 0 Å². The first-order valence-corrected chi connectivity index (χ1v) is 8.21. The van der Waals surface area contributed by atoms with Crippen LogP contribution in [-0.4, -0.2) is 18.0 Å². The number of carbonyl (C=O) groups is 1. The van der Waals surface area contributed by atoms with Gasteiger partial charge in [-0.3, -0.25) is 9.59 Å². The molecule has 3 aromatic rings. The predicted molar refractivity (Wildman–Crippen MR) is 104 cm³/mol. The fourth-order valence-electron chi connectivity index (χ4n) is 2.78. The molecule has 0 bridgehead atoms. The number of aromatic amines is 1. The molecule has 0 aliphatic heterocycles. The van der Waals surface area contributed by atoms with Crippen molar-refractivity contribution >= 4 is 11.6 Å². The molecular weight excluding hydrogens is 342 g/mol. The minimum Gasteiger partial charge on any atom is -0.497 e. The fourth-order valence-corrected chi connectivity index (χ4v) is 2.78. The van der Waals surface area contributed by atoms with Gasteiger partial charge in [0.25, 0.3) is 5.56 Å². The molecule has 1 amide bonds. The molecule has 0 radical (unpaired) electrons. The zero-order chi connectivity index (χ0) is 19.4.